The number of hydrogen-bond donors (Lipinski definition) is 0. The van der Waals surface area contributed by atoms with Gasteiger partial charge in [-0.25, -0.2) is 4.98 Å². The minimum absolute atomic E-state index is 0.145. The van der Waals surface area contributed by atoms with Crippen molar-refractivity contribution >= 4 is 5.97 Å². The van der Waals surface area contributed by atoms with E-state index < -0.39 is 0 Å². The van der Waals surface area contributed by atoms with Crippen molar-refractivity contribution in [2.45, 2.75) is 26.0 Å². The van der Waals surface area contributed by atoms with E-state index in [0.717, 1.165) is 49.4 Å². The summed E-state index contributed by atoms with van der Waals surface area (Å²) in [5, 5.41) is 0. The molecule has 0 bridgehead atoms. The lowest BCUT2D eigenvalue weighted by Gasteiger charge is -2.31. The van der Waals surface area contributed by atoms with Gasteiger partial charge in [-0.2, -0.15) is 0 Å². The molecule has 4 rings (SSSR count). The van der Waals surface area contributed by atoms with Crippen molar-refractivity contribution in [1.29, 1.82) is 0 Å². The van der Waals surface area contributed by atoms with Crippen LogP contribution in [0.4, 0.5) is 0 Å². The smallest absolute Gasteiger partial charge is 0.320 e. The summed E-state index contributed by atoms with van der Waals surface area (Å²) in [5.74, 6) is 1.48. The monoisotopic (exact) mass is 389 g/mol. The Hall–Kier alpha value is -2.92. The van der Waals surface area contributed by atoms with Crippen LogP contribution in [0.15, 0.2) is 73.1 Å². The maximum absolute atomic E-state index is 12.1. The van der Waals surface area contributed by atoms with Crippen LogP contribution in [0.1, 0.15) is 18.4 Å². The van der Waals surface area contributed by atoms with Crippen LogP contribution in [0.3, 0.4) is 0 Å². The Labute approximate surface area is 171 Å². The molecule has 2 heterocycles. The highest BCUT2D eigenvalue weighted by atomic mass is 16.5. The number of hydrogen-bond acceptors (Lipinski definition) is 4. The molecule has 0 amide bonds. The van der Waals surface area contributed by atoms with Crippen molar-refractivity contribution in [1.82, 2.24) is 14.5 Å². The number of esters is 1. The zero-order valence-electron chi connectivity index (χ0n) is 16.6. The van der Waals surface area contributed by atoms with Crippen LogP contribution in [0.2, 0.25) is 0 Å². The fourth-order valence-electron chi connectivity index (χ4n) is 3.88. The molecule has 3 aromatic rings. The van der Waals surface area contributed by atoms with E-state index in [-0.39, 0.29) is 5.97 Å². The van der Waals surface area contributed by atoms with Gasteiger partial charge in [0.25, 0.3) is 0 Å². The van der Waals surface area contributed by atoms with Gasteiger partial charge in [-0.3, -0.25) is 9.69 Å². The average Bonchev–Trinajstić information content (AvgIpc) is 3.23. The van der Waals surface area contributed by atoms with Gasteiger partial charge in [-0.05, 0) is 37.4 Å². The Morgan fingerprint density at radius 1 is 1.00 bits per heavy atom. The second-order valence-electron chi connectivity index (χ2n) is 7.64. The molecule has 0 spiro atoms. The topological polar surface area (TPSA) is 47.4 Å². The van der Waals surface area contributed by atoms with Crippen LogP contribution in [-0.4, -0.2) is 40.1 Å². The molecule has 0 unspecified atom stereocenters. The molecule has 0 N–H and O–H groups in total. The minimum atomic E-state index is -0.145. The maximum Gasteiger partial charge on any atom is 0.320 e. The molecule has 0 saturated carbocycles. The van der Waals surface area contributed by atoms with Gasteiger partial charge in [0.1, 0.15) is 12.4 Å². The molecule has 0 aliphatic carbocycles. The molecule has 1 aliphatic heterocycles. The summed E-state index contributed by atoms with van der Waals surface area (Å²) >= 11 is 0. The Bertz CT molecular complexity index is 900. The number of benzene rings is 2. The van der Waals surface area contributed by atoms with Crippen LogP contribution in [0, 0.1) is 5.92 Å². The number of aromatic nitrogens is 2. The number of ether oxygens (including phenoxy) is 1. The van der Waals surface area contributed by atoms with Gasteiger partial charge < -0.3 is 9.30 Å². The van der Waals surface area contributed by atoms with E-state index >= 15 is 0 Å². The molecule has 1 fully saturated rings. The normalized spacial score (nSPS) is 15.3. The van der Waals surface area contributed by atoms with Crippen molar-refractivity contribution < 1.29 is 9.53 Å². The van der Waals surface area contributed by atoms with Crippen molar-refractivity contribution in [2.75, 3.05) is 19.6 Å². The number of carbonyl (C=O) groups excluding carboxylic acids is 1. The zero-order valence-corrected chi connectivity index (χ0v) is 16.6. The van der Waals surface area contributed by atoms with Gasteiger partial charge in [-0.1, -0.05) is 60.7 Å². The molecule has 29 heavy (non-hydrogen) atoms. The van der Waals surface area contributed by atoms with E-state index in [2.05, 4.69) is 32.8 Å². The molecule has 150 valence electrons. The second-order valence-corrected chi connectivity index (χ2v) is 7.64. The molecular formula is C24H27N3O2. The SMILES string of the molecule is O=C(CN1CCC(Cn2ccnc2-c2ccccc2)CC1)OCc1ccccc1. The highest BCUT2D eigenvalue weighted by Gasteiger charge is 2.22. The van der Waals surface area contributed by atoms with Crippen LogP contribution < -0.4 is 0 Å². The third-order valence-electron chi connectivity index (χ3n) is 5.50. The molecule has 1 saturated heterocycles. The first-order chi connectivity index (χ1) is 14.3. The van der Waals surface area contributed by atoms with Gasteiger partial charge >= 0.3 is 5.97 Å². The van der Waals surface area contributed by atoms with E-state index in [9.17, 15) is 4.79 Å². The summed E-state index contributed by atoms with van der Waals surface area (Å²) in [6, 6.07) is 20.1. The standard InChI is InChI=1S/C24H27N3O2/c28-23(29-19-21-7-3-1-4-8-21)18-26-14-11-20(12-15-26)17-27-16-13-25-24(27)22-9-5-2-6-10-22/h1-10,13,16,20H,11-12,14-15,17-19H2. The predicted octanol–water partition coefficient (Wildman–Crippen LogP) is 4.01. The molecular weight excluding hydrogens is 362 g/mol. The summed E-state index contributed by atoms with van der Waals surface area (Å²) < 4.78 is 7.67. The van der Waals surface area contributed by atoms with Gasteiger partial charge in [0.15, 0.2) is 0 Å². The fourth-order valence-corrected chi connectivity index (χ4v) is 3.88. The van der Waals surface area contributed by atoms with E-state index in [4.69, 9.17) is 4.74 Å². The maximum atomic E-state index is 12.1. The predicted molar refractivity (Wildman–Crippen MR) is 113 cm³/mol. The first kappa shape index (κ1) is 19.4. The highest BCUT2D eigenvalue weighted by molar-refractivity contribution is 5.71. The van der Waals surface area contributed by atoms with Crippen molar-refractivity contribution in [3.63, 3.8) is 0 Å². The second kappa shape index (κ2) is 9.52. The molecule has 0 atom stereocenters. The van der Waals surface area contributed by atoms with Crippen molar-refractivity contribution in [3.8, 4) is 11.4 Å². The molecule has 1 aliphatic rings. The van der Waals surface area contributed by atoms with E-state index in [1.807, 2.05) is 54.7 Å². The summed E-state index contributed by atoms with van der Waals surface area (Å²) in [7, 11) is 0. The largest absolute Gasteiger partial charge is 0.460 e. The lowest BCUT2D eigenvalue weighted by atomic mass is 9.96. The molecule has 2 aromatic carbocycles. The zero-order chi connectivity index (χ0) is 19.9. The molecule has 5 heteroatoms. The fraction of sp³-hybridized carbons (Fsp3) is 0.333. The summed E-state index contributed by atoms with van der Waals surface area (Å²) in [4.78, 5) is 18.9. The number of rotatable bonds is 7. The van der Waals surface area contributed by atoms with E-state index in [1.54, 1.807) is 0 Å². The van der Waals surface area contributed by atoms with E-state index in [1.165, 1.54) is 0 Å². The number of piperidine rings is 1. The van der Waals surface area contributed by atoms with Crippen molar-refractivity contribution in [3.05, 3.63) is 78.6 Å². The molecule has 5 nitrogen and oxygen atoms in total. The van der Waals surface area contributed by atoms with Crippen LogP contribution in [-0.2, 0) is 22.7 Å². The number of likely N-dealkylation sites (tertiary alicyclic amines) is 1. The Balaban J connectivity index is 1.23. The summed E-state index contributed by atoms with van der Waals surface area (Å²) in [6.45, 7) is 3.55. The first-order valence-electron chi connectivity index (χ1n) is 10.3. The molecule has 1 aromatic heterocycles. The van der Waals surface area contributed by atoms with Crippen LogP contribution >= 0.6 is 0 Å². The van der Waals surface area contributed by atoms with Crippen molar-refractivity contribution in [2.24, 2.45) is 5.92 Å². The quantitative estimate of drug-likeness (QED) is 0.573. The Kier molecular flexibility index (Phi) is 6.37. The first-order valence-corrected chi connectivity index (χ1v) is 10.3. The summed E-state index contributed by atoms with van der Waals surface area (Å²) in [6.07, 6.45) is 6.10. The average molecular weight is 389 g/mol. The number of imidazole rings is 1. The number of nitrogens with zero attached hydrogens (tertiary/aromatic N) is 3. The number of carbonyl (C=O) groups is 1. The summed E-state index contributed by atoms with van der Waals surface area (Å²) in [5.41, 5.74) is 2.17. The van der Waals surface area contributed by atoms with Crippen LogP contribution in [0.25, 0.3) is 11.4 Å². The highest BCUT2D eigenvalue weighted by Crippen LogP contribution is 2.23. The third kappa shape index (κ3) is 5.33. The lowest BCUT2D eigenvalue weighted by molar-refractivity contribution is -0.146. The van der Waals surface area contributed by atoms with E-state index in [0.29, 0.717) is 19.1 Å². The third-order valence-corrected chi connectivity index (χ3v) is 5.50. The van der Waals surface area contributed by atoms with Crippen LogP contribution in [0.5, 0.6) is 0 Å². The molecule has 0 radical (unpaired) electrons. The van der Waals surface area contributed by atoms with Gasteiger partial charge in [0.05, 0.1) is 6.54 Å². The van der Waals surface area contributed by atoms with Gasteiger partial charge in [0, 0.05) is 24.5 Å². The minimum Gasteiger partial charge on any atom is -0.460 e. The Morgan fingerprint density at radius 3 is 2.41 bits per heavy atom. The lowest BCUT2D eigenvalue weighted by Crippen LogP contribution is -2.38. The van der Waals surface area contributed by atoms with Gasteiger partial charge in [-0.15, -0.1) is 0 Å². The van der Waals surface area contributed by atoms with Gasteiger partial charge in [0.2, 0.25) is 0 Å². The Morgan fingerprint density at radius 2 is 1.69 bits per heavy atom.